The Labute approximate surface area is 166 Å². The number of ether oxygens (including phenoxy) is 1. The molecular formula is C20H31N5O3. The molecule has 0 atom stereocenters. The third kappa shape index (κ3) is 6.44. The lowest BCUT2D eigenvalue weighted by Gasteiger charge is -2.29. The third-order valence-electron chi connectivity index (χ3n) is 4.12. The van der Waals surface area contributed by atoms with E-state index in [0.29, 0.717) is 37.7 Å². The molecule has 8 heteroatoms. The van der Waals surface area contributed by atoms with E-state index in [-0.39, 0.29) is 23.9 Å². The summed E-state index contributed by atoms with van der Waals surface area (Å²) in [4.78, 5) is 31.5. The van der Waals surface area contributed by atoms with Gasteiger partial charge >= 0.3 is 0 Å². The molecule has 28 heavy (non-hydrogen) atoms. The van der Waals surface area contributed by atoms with E-state index in [1.165, 1.54) is 0 Å². The molecule has 2 rings (SSSR count). The number of aliphatic imine (C=N–C) groups is 1. The van der Waals surface area contributed by atoms with Gasteiger partial charge in [0.1, 0.15) is 12.3 Å². The molecule has 0 spiro atoms. The van der Waals surface area contributed by atoms with E-state index in [0.717, 1.165) is 11.3 Å². The Hall–Kier alpha value is -2.77. The lowest BCUT2D eigenvalue weighted by atomic mass is 10.1. The summed E-state index contributed by atoms with van der Waals surface area (Å²) in [6.07, 6.45) is 1.10. The molecule has 2 amide bonds. The Morgan fingerprint density at radius 3 is 2.68 bits per heavy atom. The van der Waals surface area contributed by atoms with Gasteiger partial charge in [0, 0.05) is 38.2 Å². The number of nitrogens with zero attached hydrogens (tertiary/aromatic N) is 3. The molecule has 1 aliphatic heterocycles. The van der Waals surface area contributed by atoms with Crippen molar-refractivity contribution in [3.05, 3.63) is 23.8 Å². The second-order valence-electron chi connectivity index (χ2n) is 8.15. The molecule has 1 heterocycles. The number of amides is 2. The smallest absolute Gasteiger partial charge is 0.240 e. The van der Waals surface area contributed by atoms with Crippen LogP contribution in [0.3, 0.4) is 0 Å². The van der Waals surface area contributed by atoms with Gasteiger partial charge < -0.3 is 25.6 Å². The Bertz CT molecular complexity index is 753. The Morgan fingerprint density at radius 1 is 1.32 bits per heavy atom. The van der Waals surface area contributed by atoms with Gasteiger partial charge in [-0.1, -0.05) is 0 Å². The predicted molar refractivity (Wildman–Crippen MR) is 109 cm³/mol. The zero-order chi connectivity index (χ0) is 20.9. The Morgan fingerprint density at radius 2 is 2.04 bits per heavy atom. The molecule has 0 saturated heterocycles. The minimum Gasteiger partial charge on any atom is -0.494 e. The minimum absolute atomic E-state index is 0.0861. The quantitative estimate of drug-likeness (QED) is 0.690. The number of rotatable bonds is 7. The average molecular weight is 390 g/mol. The van der Waals surface area contributed by atoms with Crippen LogP contribution >= 0.6 is 0 Å². The number of guanidine groups is 1. The van der Waals surface area contributed by atoms with Crippen molar-refractivity contribution in [1.29, 1.82) is 0 Å². The van der Waals surface area contributed by atoms with Crippen molar-refractivity contribution in [2.24, 2.45) is 10.7 Å². The zero-order valence-corrected chi connectivity index (χ0v) is 17.4. The lowest BCUT2D eigenvalue weighted by molar-refractivity contribution is -0.129. The first-order valence-electron chi connectivity index (χ1n) is 9.41. The van der Waals surface area contributed by atoms with E-state index in [9.17, 15) is 9.59 Å². The summed E-state index contributed by atoms with van der Waals surface area (Å²) in [5.74, 6) is 1.02. The molecule has 0 bridgehead atoms. The molecule has 154 valence electrons. The van der Waals surface area contributed by atoms with Crippen molar-refractivity contribution in [1.82, 2.24) is 15.1 Å². The molecule has 0 saturated carbocycles. The van der Waals surface area contributed by atoms with Crippen LogP contribution in [0.5, 0.6) is 5.75 Å². The van der Waals surface area contributed by atoms with Crippen molar-refractivity contribution < 1.29 is 14.3 Å². The zero-order valence-electron chi connectivity index (χ0n) is 17.4. The first kappa shape index (κ1) is 21.5. The fourth-order valence-electron chi connectivity index (χ4n) is 2.77. The van der Waals surface area contributed by atoms with Gasteiger partial charge in [-0.05, 0) is 45.4 Å². The molecule has 1 aromatic rings. The number of nitrogens with two attached hydrogens (primary N) is 1. The number of nitrogens with one attached hydrogen (secondary N) is 1. The normalized spacial score (nSPS) is 13.5. The van der Waals surface area contributed by atoms with Crippen molar-refractivity contribution >= 4 is 23.5 Å². The van der Waals surface area contributed by atoms with E-state index in [1.54, 1.807) is 23.9 Å². The topological polar surface area (TPSA) is 100 Å². The largest absolute Gasteiger partial charge is 0.494 e. The number of hydrogen-bond donors (Lipinski definition) is 2. The van der Waals surface area contributed by atoms with Crippen LogP contribution in [0.25, 0.3) is 0 Å². The van der Waals surface area contributed by atoms with E-state index in [2.05, 4.69) is 10.3 Å². The van der Waals surface area contributed by atoms with Crippen molar-refractivity contribution in [2.75, 3.05) is 27.2 Å². The van der Waals surface area contributed by atoms with E-state index in [1.807, 2.05) is 39.0 Å². The van der Waals surface area contributed by atoms with Crippen molar-refractivity contribution in [3.8, 4) is 5.75 Å². The average Bonchev–Trinajstić information content (AvgIpc) is 2.57. The number of carbonyl (C=O) groups excluding carboxylic acids is 2. The van der Waals surface area contributed by atoms with E-state index < -0.39 is 0 Å². The summed E-state index contributed by atoms with van der Waals surface area (Å²) in [6, 6.07) is 5.61. The van der Waals surface area contributed by atoms with Gasteiger partial charge in [-0.25, -0.2) is 4.99 Å². The second-order valence-corrected chi connectivity index (χ2v) is 8.15. The second kappa shape index (κ2) is 8.95. The molecule has 0 aliphatic carbocycles. The van der Waals surface area contributed by atoms with Gasteiger partial charge in [0.05, 0.1) is 12.3 Å². The third-order valence-corrected chi connectivity index (χ3v) is 4.12. The van der Waals surface area contributed by atoms with Crippen LogP contribution in [0, 0.1) is 0 Å². The molecule has 0 radical (unpaired) electrons. The summed E-state index contributed by atoms with van der Waals surface area (Å²) in [5, 5.41) is 2.93. The van der Waals surface area contributed by atoms with Gasteiger partial charge in [-0.3, -0.25) is 9.59 Å². The fraction of sp³-hybridized carbons (Fsp3) is 0.550. The van der Waals surface area contributed by atoms with Gasteiger partial charge in [0.25, 0.3) is 0 Å². The van der Waals surface area contributed by atoms with Gasteiger partial charge in [0.2, 0.25) is 11.8 Å². The highest BCUT2D eigenvalue weighted by atomic mass is 16.5. The SMILES string of the molecule is CN(C)C(=O)CCCOc1ccc2c(c1)CN(CC(=O)NC(C)(C)C)C(N)=N2. The highest BCUT2D eigenvalue weighted by Crippen LogP contribution is 2.29. The molecule has 1 aromatic carbocycles. The maximum atomic E-state index is 12.2. The van der Waals surface area contributed by atoms with Crippen LogP contribution in [0.1, 0.15) is 39.2 Å². The van der Waals surface area contributed by atoms with Crippen LogP contribution in [0.4, 0.5) is 5.69 Å². The maximum Gasteiger partial charge on any atom is 0.240 e. The van der Waals surface area contributed by atoms with Gasteiger partial charge in [-0.15, -0.1) is 0 Å². The summed E-state index contributed by atoms with van der Waals surface area (Å²) >= 11 is 0. The van der Waals surface area contributed by atoms with E-state index in [4.69, 9.17) is 10.5 Å². The monoisotopic (exact) mass is 389 g/mol. The summed E-state index contributed by atoms with van der Waals surface area (Å²) < 4.78 is 5.76. The first-order chi connectivity index (χ1) is 13.0. The van der Waals surface area contributed by atoms with Crippen LogP contribution in [-0.4, -0.2) is 60.4 Å². The lowest BCUT2D eigenvalue weighted by Crippen LogP contribution is -2.49. The molecule has 1 aliphatic rings. The van der Waals surface area contributed by atoms with Gasteiger partial charge in [-0.2, -0.15) is 0 Å². The highest BCUT2D eigenvalue weighted by Gasteiger charge is 2.22. The van der Waals surface area contributed by atoms with Crippen LogP contribution < -0.4 is 15.8 Å². The summed E-state index contributed by atoms with van der Waals surface area (Å²) in [6.45, 7) is 6.89. The Balaban J connectivity index is 1.95. The molecule has 0 aromatic heterocycles. The molecule has 8 nitrogen and oxygen atoms in total. The van der Waals surface area contributed by atoms with Gasteiger partial charge in [0.15, 0.2) is 5.96 Å². The first-order valence-corrected chi connectivity index (χ1v) is 9.41. The summed E-state index contributed by atoms with van der Waals surface area (Å²) in [5.41, 5.74) is 7.45. The molecule has 3 N–H and O–H groups in total. The Kier molecular flexibility index (Phi) is 6.88. The number of fused-ring (bicyclic) bond motifs is 1. The number of hydrogen-bond acceptors (Lipinski definition) is 6. The summed E-state index contributed by atoms with van der Waals surface area (Å²) in [7, 11) is 3.48. The molecule has 0 fully saturated rings. The van der Waals surface area contributed by atoms with Crippen LogP contribution in [0.15, 0.2) is 23.2 Å². The number of benzene rings is 1. The van der Waals surface area contributed by atoms with Crippen LogP contribution in [0.2, 0.25) is 0 Å². The maximum absolute atomic E-state index is 12.2. The fourth-order valence-corrected chi connectivity index (χ4v) is 2.77. The molecule has 0 unspecified atom stereocenters. The van der Waals surface area contributed by atoms with E-state index >= 15 is 0 Å². The number of carbonyl (C=O) groups is 2. The van der Waals surface area contributed by atoms with Crippen molar-refractivity contribution in [2.45, 2.75) is 45.7 Å². The molecular weight excluding hydrogens is 358 g/mol. The van der Waals surface area contributed by atoms with Crippen molar-refractivity contribution in [3.63, 3.8) is 0 Å². The predicted octanol–water partition coefficient (Wildman–Crippen LogP) is 1.61. The minimum atomic E-state index is -0.300. The highest BCUT2D eigenvalue weighted by molar-refractivity contribution is 5.88. The standard InChI is InChI=1S/C20H31N5O3/c1-20(2,3)23-17(26)13-25-12-14-11-15(8-9-16(14)22-19(25)21)28-10-6-7-18(27)24(4)5/h8-9,11H,6-7,10,12-13H2,1-5H3,(H2,21,22)(H,23,26). The van der Waals surface area contributed by atoms with Crippen LogP contribution in [-0.2, 0) is 16.1 Å².